The maximum atomic E-state index is 12.8. The summed E-state index contributed by atoms with van der Waals surface area (Å²) < 4.78 is 69.1. The Kier molecular flexibility index (Phi) is 3.25. The smallest absolute Gasteiger partial charge is 0.311 e. The molecule has 22 heavy (non-hydrogen) atoms. The lowest BCUT2D eigenvalue weighted by Gasteiger charge is -2.40. The Balaban J connectivity index is 2.38. The first-order chi connectivity index (χ1) is 9.89. The Morgan fingerprint density at radius 1 is 1.27 bits per heavy atom. The molecular formula is C11H10F5N3O2S. The molecule has 11 heteroatoms. The van der Waals surface area contributed by atoms with Crippen LogP contribution in [0, 0.1) is 0 Å². The Bertz CT molecular complexity index is 729. The van der Waals surface area contributed by atoms with Gasteiger partial charge in [0.05, 0.1) is 31.1 Å². The van der Waals surface area contributed by atoms with Gasteiger partial charge < -0.3 is 4.74 Å². The summed E-state index contributed by atoms with van der Waals surface area (Å²) in [5.74, 6) is -0.618. The molecule has 0 atom stereocenters. The van der Waals surface area contributed by atoms with E-state index in [4.69, 9.17) is 0 Å². The number of aromatic nitrogens is 3. The van der Waals surface area contributed by atoms with Gasteiger partial charge in [-0.25, -0.2) is 4.68 Å². The van der Waals surface area contributed by atoms with Gasteiger partial charge in [0.15, 0.2) is 0 Å². The van der Waals surface area contributed by atoms with Crippen LogP contribution >= 0.6 is 10.2 Å². The molecule has 0 saturated carbocycles. The third kappa shape index (κ3) is 3.72. The monoisotopic (exact) mass is 343 g/mol. The van der Waals surface area contributed by atoms with Crippen LogP contribution in [0.15, 0.2) is 35.4 Å². The summed E-state index contributed by atoms with van der Waals surface area (Å²) >= 11 is 0. The standard InChI is InChI=1S/C11H10F5N3O2S/c1-21-11(20)5-8-7-19(18-17-8)9-3-2-4-10(6-9)22(12,13,14,15)16/h2-4,6-7H,5H2,1H3. The molecule has 2 rings (SSSR count). The number of benzene rings is 1. The number of esters is 1. The number of nitrogens with zero attached hydrogens (tertiary/aromatic N) is 3. The van der Waals surface area contributed by atoms with Crippen LogP contribution in [-0.4, -0.2) is 28.1 Å². The zero-order chi connectivity index (χ0) is 16.7. The first kappa shape index (κ1) is 16.2. The second kappa shape index (κ2) is 4.41. The lowest BCUT2D eigenvalue weighted by atomic mass is 10.3. The van der Waals surface area contributed by atoms with Crippen molar-refractivity contribution in [1.82, 2.24) is 15.0 Å². The molecule has 0 aliphatic rings. The summed E-state index contributed by atoms with van der Waals surface area (Å²) in [5, 5.41) is 7.06. The van der Waals surface area contributed by atoms with Crippen molar-refractivity contribution in [3.63, 3.8) is 0 Å². The Morgan fingerprint density at radius 3 is 2.55 bits per heavy atom. The highest BCUT2D eigenvalue weighted by Gasteiger charge is 2.65. The molecule has 5 nitrogen and oxygen atoms in total. The van der Waals surface area contributed by atoms with Gasteiger partial charge in [0.25, 0.3) is 0 Å². The van der Waals surface area contributed by atoms with Gasteiger partial charge in [-0.3, -0.25) is 4.79 Å². The minimum Gasteiger partial charge on any atom is -0.469 e. The molecule has 0 spiro atoms. The van der Waals surface area contributed by atoms with Crippen molar-refractivity contribution in [2.24, 2.45) is 0 Å². The van der Waals surface area contributed by atoms with Gasteiger partial charge in [-0.1, -0.05) is 30.7 Å². The molecule has 0 saturated heterocycles. The Labute approximate surface area is 121 Å². The molecule has 1 aromatic heterocycles. The van der Waals surface area contributed by atoms with Gasteiger partial charge in [0, 0.05) is 0 Å². The molecule has 0 aliphatic heterocycles. The van der Waals surface area contributed by atoms with Crippen LogP contribution in [0.1, 0.15) is 5.69 Å². The van der Waals surface area contributed by atoms with Crippen molar-refractivity contribution in [3.05, 3.63) is 36.2 Å². The van der Waals surface area contributed by atoms with Crippen LogP contribution in [0.25, 0.3) is 5.69 Å². The fraction of sp³-hybridized carbons (Fsp3) is 0.182. The quantitative estimate of drug-likeness (QED) is 0.628. The average Bonchev–Trinajstić information content (AvgIpc) is 2.84. The third-order valence-electron chi connectivity index (χ3n) is 2.62. The number of halogens is 5. The van der Waals surface area contributed by atoms with Crippen LogP contribution in [0.4, 0.5) is 19.4 Å². The van der Waals surface area contributed by atoms with Crippen molar-refractivity contribution < 1.29 is 29.0 Å². The summed E-state index contributed by atoms with van der Waals surface area (Å²) in [5.41, 5.74) is -0.126. The number of methoxy groups -OCH3 is 1. The minimum absolute atomic E-state index is 0.129. The van der Waals surface area contributed by atoms with Crippen LogP contribution in [0.3, 0.4) is 0 Å². The van der Waals surface area contributed by atoms with Gasteiger partial charge in [0.2, 0.25) is 0 Å². The molecule has 1 aromatic carbocycles. The number of hydrogen-bond acceptors (Lipinski definition) is 4. The lowest BCUT2D eigenvalue weighted by molar-refractivity contribution is -0.139. The highest BCUT2D eigenvalue weighted by atomic mass is 32.5. The molecule has 0 unspecified atom stereocenters. The second-order valence-corrected chi connectivity index (χ2v) is 6.78. The summed E-state index contributed by atoms with van der Waals surface area (Å²) in [6.45, 7) is 0. The van der Waals surface area contributed by atoms with Crippen LogP contribution in [-0.2, 0) is 16.0 Å². The maximum absolute atomic E-state index is 12.8. The predicted octanol–water partition coefficient (Wildman–Crippen LogP) is 3.64. The van der Waals surface area contributed by atoms with Crippen molar-refractivity contribution >= 4 is 16.2 Å². The summed E-state index contributed by atoms with van der Waals surface area (Å²) in [7, 11) is -8.61. The maximum Gasteiger partial charge on any atom is 0.311 e. The molecule has 0 radical (unpaired) electrons. The first-order valence-corrected chi connectivity index (χ1v) is 7.67. The largest absolute Gasteiger partial charge is 0.469 e. The number of rotatable bonds is 4. The van der Waals surface area contributed by atoms with E-state index in [9.17, 15) is 24.2 Å². The number of ether oxygens (including phenoxy) is 1. The Hall–Kier alpha value is -2.17. The molecule has 0 amide bonds. The SMILES string of the molecule is COC(=O)Cc1cn(-c2cccc(S(F)(F)(F)(F)F)c2)nn1. The number of carbonyl (C=O) groups is 1. The second-order valence-electron chi connectivity index (χ2n) is 4.37. The molecule has 2 aromatic rings. The minimum atomic E-state index is -9.77. The normalized spacial score (nSPS) is 15.0. The van der Waals surface area contributed by atoms with Gasteiger partial charge in [0.1, 0.15) is 4.90 Å². The molecule has 0 N–H and O–H groups in total. The van der Waals surface area contributed by atoms with E-state index in [0.29, 0.717) is 0 Å². The predicted molar refractivity (Wildman–Crippen MR) is 68.5 cm³/mol. The molecule has 0 bridgehead atoms. The van der Waals surface area contributed by atoms with Crippen molar-refractivity contribution in [3.8, 4) is 5.69 Å². The van der Waals surface area contributed by atoms with E-state index < -0.39 is 21.1 Å². The fourth-order valence-electron chi connectivity index (χ4n) is 1.59. The van der Waals surface area contributed by atoms with E-state index in [1.54, 1.807) is 0 Å². The van der Waals surface area contributed by atoms with Gasteiger partial charge in [-0.05, 0) is 18.2 Å². The summed E-state index contributed by atoms with van der Waals surface area (Å²) in [4.78, 5) is 9.03. The average molecular weight is 343 g/mol. The fourth-order valence-corrected chi connectivity index (χ4v) is 2.27. The van der Waals surface area contributed by atoms with Crippen molar-refractivity contribution in [2.45, 2.75) is 11.3 Å². The van der Waals surface area contributed by atoms with E-state index in [1.165, 1.54) is 0 Å². The van der Waals surface area contributed by atoms with E-state index in [2.05, 4.69) is 15.0 Å². The lowest BCUT2D eigenvalue weighted by Crippen LogP contribution is -2.07. The van der Waals surface area contributed by atoms with Crippen molar-refractivity contribution in [2.75, 3.05) is 7.11 Å². The summed E-state index contributed by atoms with van der Waals surface area (Å²) in [6, 6.07) is 2.56. The molecule has 0 fully saturated rings. The third-order valence-corrected chi connectivity index (χ3v) is 3.77. The highest BCUT2D eigenvalue weighted by Crippen LogP contribution is 3.02. The van der Waals surface area contributed by atoms with Gasteiger partial charge in [-0.15, -0.1) is 5.10 Å². The zero-order valence-electron chi connectivity index (χ0n) is 11.1. The van der Waals surface area contributed by atoms with Gasteiger partial charge in [-0.2, -0.15) is 0 Å². The van der Waals surface area contributed by atoms with E-state index >= 15 is 0 Å². The van der Waals surface area contributed by atoms with Crippen LogP contribution in [0.2, 0.25) is 0 Å². The van der Waals surface area contributed by atoms with E-state index in [-0.39, 0.29) is 29.9 Å². The van der Waals surface area contributed by atoms with Crippen LogP contribution in [0.5, 0.6) is 0 Å². The van der Waals surface area contributed by atoms with Gasteiger partial charge >= 0.3 is 16.2 Å². The Morgan fingerprint density at radius 2 is 1.95 bits per heavy atom. The van der Waals surface area contributed by atoms with Crippen LogP contribution < -0.4 is 0 Å². The van der Waals surface area contributed by atoms with E-state index in [0.717, 1.165) is 30.1 Å². The number of hydrogen-bond donors (Lipinski definition) is 0. The highest BCUT2D eigenvalue weighted by molar-refractivity contribution is 8.45. The number of carbonyl (C=O) groups excluding carboxylic acids is 1. The zero-order valence-corrected chi connectivity index (χ0v) is 11.9. The molecule has 122 valence electrons. The summed E-state index contributed by atoms with van der Waals surface area (Å²) in [6.07, 6.45) is 0.916. The molecule has 1 heterocycles. The van der Waals surface area contributed by atoms with Crippen molar-refractivity contribution in [1.29, 1.82) is 0 Å². The molecular weight excluding hydrogens is 333 g/mol. The molecule has 0 aliphatic carbocycles. The van der Waals surface area contributed by atoms with E-state index in [1.807, 2.05) is 0 Å². The first-order valence-electron chi connectivity index (χ1n) is 5.71. The topological polar surface area (TPSA) is 57.0 Å².